The van der Waals surface area contributed by atoms with Gasteiger partial charge in [0.2, 0.25) is 0 Å². The maximum absolute atomic E-state index is 4.72. The number of thiazole rings is 1. The summed E-state index contributed by atoms with van der Waals surface area (Å²) < 4.78 is 0. The molecule has 1 aliphatic carbocycles. The fourth-order valence-electron chi connectivity index (χ4n) is 2.89. The Morgan fingerprint density at radius 1 is 1.35 bits per heavy atom. The molecule has 108 valence electrons. The molecule has 2 aliphatic rings. The number of aromatic nitrogens is 1. The van der Waals surface area contributed by atoms with Gasteiger partial charge in [-0.3, -0.25) is 0 Å². The molecular weight excluding hydrogens is 266 g/mol. The van der Waals surface area contributed by atoms with Crippen LogP contribution in [-0.4, -0.2) is 28.5 Å². The molecule has 1 aromatic rings. The third-order valence-electron chi connectivity index (χ3n) is 4.44. The summed E-state index contributed by atoms with van der Waals surface area (Å²) >= 11 is 1.66. The first-order valence-electron chi connectivity index (χ1n) is 7.52. The van der Waals surface area contributed by atoms with Crippen LogP contribution in [0.3, 0.4) is 0 Å². The highest BCUT2D eigenvalue weighted by molar-refractivity contribution is 7.10. The van der Waals surface area contributed by atoms with Gasteiger partial charge in [-0.25, -0.2) is 4.98 Å². The Morgan fingerprint density at radius 2 is 2.15 bits per heavy atom. The van der Waals surface area contributed by atoms with Crippen LogP contribution in [0.4, 0.5) is 0 Å². The van der Waals surface area contributed by atoms with E-state index in [2.05, 4.69) is 35.7 Å². The van der Waals surface area contributed by atoms with Crippen molar-refractivity contribution in [3.63, 3.8) is 0 Å². The highest BCUT2D eigenvalue weighted by Crippen LogP contribution is 2.29. The highest BCUT2D eigenvalue weighted by atomic mass is 32.1. The minimum atomic E-state index is 0.587. The predicted octanol–water partition coefficient (Wildman–Crippen LogP) is 3.71. The quantitative estimate of drug-likeness (QED) is 0.895. The van der Waals surface area contributed by atoms with Crippen molar-refractivity contribution < 1.29 is 0 Å². The first-order chi connectivity index (χ1) is 9.65. The Balaban J connectivity index is 1.66. The van der Waals surface area contributed by atoms with Gasteiger partial charge < -0.3 is 10.2 Å². The minimum absolute atomic E-state index is 0.587. The van der Waals surface area contributed by atoms with E-state index in [-0.39, 0.29) is 0 Å². The molecule has 1 atom stereocenters. The van der Waals surface area contributed by atoms with Gasteiger partial charge in [-0.2, -0.15) is 0 Å². The molecule has 0 bridgehead atoms. The Labute approximate surface area is 125 Å². The van der Waals surface area contributed by atoms with Crippen molar-refractivity contribution in [1.29, 1.82) is 0 Å². The highest BCUT2D eigenvalue weighted by Gasteiger charge is 2.24. The van der Waals surface area contributed by atoms with E-state index in [0.717, 1.165) is 28.6 Å². The monoisotopic (exact) mass is 289 g/mol. The van der Waals surface area contributed by atoms with Crippen LogP contribution in [0.5, 0.6) is 0 Å². The number of rotatable bonds is 5. The molecular formula is C16H23N3S. The second-order valence-corrected chi connectivity index (χ2v) is 6.78. The standard InChI is InChI=1S/C16H23N3S/c1-11-6-5-9-19(11)13(3)15-10-20-16(18-15)12(2)17-14-7-4-8-14/h10-11,14,17H,2-9H2,1H3. The molecule has 1 saturated carbocycles. The van der Waals surface area contributed by atoms with Crippen LogP contribution < -0.4 is 5.32 Å². The molecule has 1 saturated heterocycles. The number of likely N-dealkylation sites (tertiary alicyclic amines) is 1. The summed E-state index contributed by atoms with van der Waals surface area (Å²) in [7, 11) is 0. The summed E-state index contributed by atoms with van der Waals surface area (Å²) in [6.45, 7) is 11.7. The molecule has 3 nitrogen and oxygen atoms in total. The van der Waals surface area contributed by atoms with Crippen LogP contribution >= 0.6 is 11.3 Å². The van der Waals surface area contributed by atoms with E-state index in [1.807, 2.05) is 0 Å². The van der Waals surface area contributed by atoms with Gasteiger partial charge >= 0.3 is 0 Å². The van der Waals surface area contributed by atoms with E-state index in [0.29, 0.717) is 12.1 Å². The van der Waals surface area contributed by atoms with Gasteiger partial charge in [-0.05, 0) is 39.0 Å². The van der Waals surface area contributed by atoms with Crippen LogP contribution in [-0.2, 0) is 0 Å². The normalized spacial score (nSPS) is 22.6. The molecule has 0 spiro atoms. The van der Waals surface area contributed by atoms with Gasteiger partial charge in [0.25, 0.3) is 0 Å². The molecule has 2 heterocycles. The summed E-state index contributed by atoms with van der Waals surface area (Å²) in [4.78, 5) is 7.09. The van der Waals surface area contributed by atoms with Crippen molar-refractivity contribution in [3.05, 3.63) is 29.2 Å². The van der Waals surface area contributed by atoms with Gasteiger partial charge in [-0.1, -0.05) is 13.2 Å². The maximum atomic E-state index is 4.72. The average molecular weight is 289 g/mol. The van der Waals surface area contributed by atoms with Crippen LogP contribution in [0.15, 0.2) is 18.5 Å². The van der Waals surface area contributed by atoms with E-state index < -0.39 is 0 Å². The lowest BCUT2D eigenvalue weighted by molar-refractivity contribution is 0.378. The molecule has 1 N–H and O–H groups in total. The number of nitrogens with one attached hydrogen (secondary N) is 1. The molecule has 3 rings (SSSR count). The smallest absolute Gasteiger partial charge is 0.139 e. The molecule has 1 aromatic heterocycles. The van der Waals surface area contributed by atoms with Crippen molar-refractivity contribution in [3.8, 4) is 0 Å². The Morgan fingerprint density at radius 3 is 2.75 bits per heavy atom. The average Bonchev–Trinajstić information content (AvgIpc) is 3.01. The van der Waals surface area contributed by atoms with E-state index in [9.17, 15) is 0 Å². The fourth-order valence-corrected chi connectivity index (χ4v) is 3.65. The molecule has 0 radical (unpaired) electrons. The first kappa shape index (κ1) is 13.7. The summed E-state index contributed by atoms with van der Waals surface area (Å²) in [6.07, 6.45) is 6.36. The lowest BCUT2D eigenvalue weighted by Gasteiger charge is -2.27. The molecule has 1 aliphatic heterocycles. The minimum Gasteiger partial charge on any atom is -0.380 e. The SMILES string of the molecule is C=C(NC1CCC1)c1nc(C(=C)N2CCCC2C)cs1. The van der Waals surface area contributed by atoms with Gasteiger partial charge in [0.1, 0.15) is 5.01 Å². The van der Waals surface area contributed by atoms with Crippen LogP contribution in [0.25, 0.3) is 11.4 Å². The van der Waals surface area contributed by atoms with Crippen LogP contribution in [0, 0.1) is 0 Å². The second-order valence-electron chi connectivity index (χ2n) is 5.92. The van der Waals surface area contributed by atoms with E-state index >= 15 is 0 Å². The summed E-state index contributed by atoms with van der Waals surface area (Å²) in [5.41, 5.74) is 3.04. The largest absolute Gasteiger partial charge is 0.380 e. The number of hydrogen-bond acceptors (Lipinski definition) is 4. The molecule has 20 heavy (non-hydrogen) atoms. The molecule has 0 aromatic carbocycles. The van der Waals surface area contributed by atoms with Crippen molar-refractivity contribution in [2.75, 3.05) is 6.54 Å². The molecule has 1 unspecified atom stereocenters. The van der Waals surface area contributed by atoms with Gasteiger partial charge in [0, 0.05) is 24.0 Å². The van der Waals surface area contributed by atoms with Gasteiger partial charge in [0.15, 0.2) is 0 Å². The number of nitrogens with zero attached hydrogens (tertiary/aromatic N) is 2. The zero-order valence-corrected chi connectivity index (χ0v) is 13.0. The zero-order chi connectivity index (χ0) is 14.1. The lowest BCUT2D eigenvalue weighted by atomic mass is 9.93. The van der Waals surface area contributed by atoms with Crippen molar-refractivity contribution in [1.82, 2.24) is 15.2 Å². The summed E-state index contributed by atoms with van der Waals surface area (Å²) in [5.74, 6) is 0. The van der Waals surface area contributed by atoms with Gasteiger partial charge in [-0.15, -0.1) is 11.3 Å². The number of hydrogen-bond donors (Lipinski definition) is 1. The van der Waals surface area contributed by atoms with Crippen LogP contribution in [0.1, 0.15) is 49.7 Å². The van der Waals surface area contributed by atoms with Crippen molar-refractivity contribution in [2.45, 2.75) is 51.1 Å². The Kier molecular flexibility index (Phi) is 3.83. The third kappa shape index (κ3) is 2.62. The first-order valence-corrected chi connectivity index (χ1v) is 8.40. The Hall–Kier alpha value is -1.29. The van der Waals surface area contributed by atoms with E-state index in [4.69, 9.17) is 4.98 Å². The van der Waals surface area contributed by atoms with E-state index in [1.54, 1.807) is 11.3 Å². The van der Waals surface area contributed by atoms with Crippen molar-refractivity contribution in [2.24, 2.45) is 0 Å². The molecule has 0 amide bonds. The molecule has 4 heteroatoms. The Bertz CT molecular complexity index is 516. The fraction of sp³-hybridized carbons (Fsp3) is 0.562. The summed E-state index contributed by atoms with van der Waals surface area (Å²) in [6, 6.07) is 1.20. The topological polar surface area (TPSA) is 28.2 Å². The second kappa shape index (κ2) is 5.60. The van der Waals surface area contributed by atoms with Crippen LogP contribution in [0.2, 0.25) is 0 Å². The van der Waals surface area contributed by atoms with Crippen molar-refractivity contribution >= 4 is 22.7 Å². The molecule has 2 fully saturated rings. The van der Waals surface area contributed by atoms with Gasteiger partial charge in [0.05, 0.1) is 17.1 Å². The summed E-state index contributed by atoms with van der Waals surface area (Å²) in [5, 5.41) is 6.58. The lowest BCUT2D eigenvalue weighted by Crippen LogP contribution is -2.33. The third-order valence-corrected chi connectivity index (χ3v) is 5.34. The predicted molar refractivity (Wildman–Crippen MR) is 86.4 cm³/mol. The van der Waals surface area contributed by atoms with E-state index in [1.165, 1.54) is 32.1 Å². The maximum Gasteiger partial charge on any atom is 0.139 e. The zero-order valence-electron chi connectivity index (χ0n) is 12.2.